The minimum atomic E-state index is -0.328. The molecule has 3 N–H and O–H groups in total. The number of hydrogen-bond donors (Lipinski definition) is 2. The molecule has 0 radical (unpaired) electrons. The number of carbonyl (C=O) groups is 1. The van der Waals surface area contributed by atoms with Crippen LogP contribution in [0.3, 0.4) is 0 Å². The third-order valence-electron chi connectivity index (χ3n) is 4.70. The van der Waals surface area contributed by atoms with E-state index >= 15 is 0 Å². The highest BCUT2D eigenvalue weighted by Gasteiger charge is 2.20. The monoisotopic (exact) mass is 440 g/mol. The molecule has 4 rings (SSSR count). The van der Waals surface area contributed by atoms with Crippen LogP contribution in [0.4, 0.5) is 0 Å². The molecule has 30 heavy (non-hydrogen) atoms. The van der Waals surface area contributed by atoms with Crippen LogP contribution in [0.15, 0.2) is 48.8 Å². The van der Waals surface area contributed by atoms with Crippen LogP contribution in [0.2, 0.25) is 10.0 Å². The lowest BCUT2D eigenvalue weighted by Gasteiger charge is -2.14. The van der Waals surface area contributed by atoms with E-state index in [1.165, 1.54) is 0 Å². The smallest absolute Gasteiger partial charge is 0.271 e. The van der Waals surface area contributed by atoms with Gasteiger partial charge in [-0.25, -0.2) is 9.97 Å². The molecule has 152 valence electrons. The Morgan fingerprint density at radius 2 is 2.03 bits per heavy atom. The van der Waals surface area contributed by atoms with E-state index in [1.54, 1.807) is 28.9 Å². The summed E-state index contributed by atoms with van der Waals surface area (Å²) in [6, 6.07) is 10.8. The van der Waals surface area contributed by atoms with Crippen LogP contribution in [0.25, 0.3) is 17.0 Å². The number of aromatic nitrogens is 4. The topological polar surface area (TPSA) is 98.2 Å². The fourth-order valence-corrected chi connectivity index (χ4v) is 3.74. The molecule has 0 fully saturated rings. The molecule has 0 bridgehead atoms. The molecule has 0 atom stereocenters. The molecule has 7 nitrogen and oxygen atoms in total. The van der Waals surface area contributed by atoms with Gasteiger partial charge < -0.3 is 11.1 Å². The first-order valence-corrected chi connectivity index (χ1v) is 9.95. The second-order valence-corrected chi connectivity index (χ2v) is 7.50. The SMILES string of the molecule is Cc1nc2nc(C(=O)NCc3ccccn3)cn2c(-c2ccc(Cl)cc2Cl)c1CN. The number of aryl methyl sites for hydroxylation is 1. The summed E-state index contributed by atoms with van der Waals surface area (Å²) in [7, 11) is 0. The number of nitrogens with one attached hydrogen (secondary N) is 1. The van der Waals surface area contributed by atoms with Gasteiger partial charge in [-0.2, -0.15) is 0 Å². The van der Waals surface area contributed by atoms with Crippen molar-refractivity contribution in [1.82, 2.24) is 24.7 Å². The molecule has 0 spiro atoms. The molecular weight excluding hydrogens is 423 g/mol. The standard InChI is InChI=1S/C21H18Cl2N6O/c1-12-16(9-24)19(15-6-5-13(22)8-17(15)23)29-11-18(28-21(29)27-12)20(30)26-10-14-4-2-3-7-25-14/h2-8,11H,9-10,24H2,1H3,(H,26,30). The Morgan fingerprint density at radius 3 is 2.73 bits per heavy atom. The van der Waals surface area contributed by atoms with Gasteiger partial charge in [0.25, 0.3) is 5.91 Å². The van der Waals surface area contributed by atoms with Crippen LogP contribution in [-0.2, 0) is 13.1 Å². The maximum absolute atomic E-state index is 12.7. The van der Waals surface area contributed by atoms with E-state index in [1.807, 2.05) is 31.2 Å². The van der Waals surface area contributed by atoms with Gasteiger partial charge in [-0.15, -0.1) is 0 Å². The number of benzene rings is 1. The van der Waals surface area contributed by atoms with Crippen molar-refractivity contribution in [2.45, 2.75) is 20.0 Å². The van der Waals surface area contributed by atoms with E-state index in [-0.39, 0.29) is 18.1 Å². The zero-order valence-electron chi connectivity index (χ0n) is 16.1. The number of fused-ring (bicyclic) bond motifs is 1. The molecule has 0 unspecified atom stereocenters. The van der Waals surface area contributed by atoms with Crippen molar-refractivity contribution in [2.75, 3.05) is 0 Å². The number of nitrogens with two attached hydrogens (primary N) is 1. The Kier molecular flexibility index (Phi) is 5.67. The lowest BCUT2D eigenvalue weighted by Crippen LogP contribution is -2.23. The molecule has 0 aliphatic carbocycles. The molecule has 3 aromatic heterocycles. The predicted molar refractivity (Wildman–Crippen MR) is 116 cm³/mol. The second-order valence-electron chi connectivity index (χ2n) is 6.65. The molecule has 0 aliphatic rings. The molecule has 3 heterocycles. The first kappa shape index (κ1) is 20.3. The maximum atomic E-state index is 12.7. The number of nitrogens with zero attached hydrogens (tertiary/aromatic N) is 4. The van der Waals surface area contributed by atoms with Gasteiger partial charge in [-0.3, -0.25) is 14.2 Å². The average molecular weight is 441 g/mol. The zero-order chi connectivity index (χ0) is 21.3. The Labute approximate surface area is 182 Å². The number of carbonyl (C=O) groups excluding carboxylic acids is 1. The van der Waals surface area contributed by atoms with Crippen LogP contribution < -0.4 is 11.1 Å². The van der Waals surface area contributed by atoms with Crippen LogP contribution >= 0.6 is 23.2 Å². The van der Waals surface area contributed by atoms with Gasteiger partial charge in [0.1, 0.15) is 5.69 Å². The number of hydrogen-bond acceptors (Lipinski definition) is 5. The molecule has 0 aliphatic heterocycles. The van der Waals surface area contributed by atoms with Crippen molar-refractivity contribution in [3.8, 4) is 11.3 Å². The third kappa shape index (κ3) is 3.87. The number of halogens is 2. The molecule has 1 amide bonds. The van der Waals surface area contributed by atoms with Crippen molar-refractivity contribution < 1.29 is 4.79 Å². The number of imidazole rings is 1. The summed E-state index contributed by atoms with van der Waals surface area (Å²) in [5.41, 5.74) is 9.99. The Bertz CT molecular complexity index is 1240. The lowest BCUT2D eigenvalue weighted by molar-refractivity contribution is 0.0946. The second kappa shape index (κ2) is 8.39. The van der Waals surface area contributed by atoms with Crippen LogP contribution in [0.5, 0.6) is 0 Å². The van der Waals surface area contributed by atoms with Gasteiger partial charge in [0.05, 0.1) is 23.0 Å². The van der Waals surface area contributed by atoms with Crippen molar-refractivity contribution in [3.05, 3.63) is 81.5 Å². The Balaban J connectivity index is 1.77. The molecular formula is C21H18Cl2N6O. The largest absolute Gasteiger partial charge is 0.345 e. The summed E-state index contributed by atoms with van der Waals surface area (Å²) in [5.74, 6) is 0.0555. The van der Waals surface area contributed by atoms with Gasteiger partial charge in [0.2, 0.25) is 5.78 Å². The summed E-state index contributed by atoms with van der Waals surface area (Å²) < 4.78 is 1.74. The van der Waals surface area contributed by atoms with Gasteiger partial charge in [-0.1, -0.05) is 29.3 Å². The van der Waals surface area contributed by atoms with E-state index in [9.17, 15) is 4.79 Å². The molecule has 1 aromatic carbocycles. The van der Waals surface area contributed by atoms with Gasteiger partial charge in [-0.05, 0) is 37.3 Å². The fourth-order valence-electron chi connectivity index (χ4n) is 3.24. The molecule has 4 aromatic rings. The molecule has 9 heteroatoms. The molecule has 0 saturated heterocycles. The highest BCUT2D eigenvalue weighted by atomic mass is 35.5. The summed E-state index contributed by atoms with van der Waals surface area (Å²) >= 11 is 12.5. The Hall–Kier alpha value is -3.00. The zero-order valence-corrected chi connectivity index (χ0v) is 17.6. The number of rotatable bonds is 5. The highest BCUT2D eigenvalue weighted by Crippen LogP contribution is 2.34. The summed E-state index contributed by atoms with van der Waals surface area (Å²) in [6.45, 7) is 2.40. The summed E-state index contributed by atoms with van der Waals surface area (Å²) in [6.07, 6.45) is 3.31. The quantitative estimate of drug-likeness (QED) is 0.491. The predicted octanol–water partition coefficient (Wildman–Crippen LogP) is 3.80. The number of amides is 1. The first-order valence-electron chi connectivity index (χ1n) is 9.20. The highest BCUT2D eigenvalue weighted by molar-refractivity contribution is 6.36. The lowest BCUT2D eigenvalue weighted by atomic mass is 10.0. The fraction of sp³-hybridized carbons (Fsp3) is 0.143. The first-order chi connectivity index (χ1) is 14.5. The van der Waals surface area contributed by atoms with Crippen molar-refractivity contribution in [3.63, 3.8) is 0 Å². The van der Waals surface area contributed by atoms with Crippen molar-refractivity contribution in [2.24, 2.45) is 5.73 Å². The van der Waals surface area contributed by atoms with E-state index in [0.29, 0.717) is 22.4 Å². The maximum Gasteiger partial charge on any atom is 0.271 e. The average Bonchev–Trinajstić information content (AvgIpc) is 3.16. The van der Waals surface area contributed by atoms with Crippen molar-refractivity contribution in [1.29, 1.82) is 0 Å². The minimum Gasteiger partial charge on any atom is -0.345 e. The minimum absolute atomic E-state index is 0.235. The molecule has 0 saturated carbocycles. The van der Waals surface area contributed by atoms with Crippen molar-refractivity contribution >= 4 is 34.9 Å². The normalized spacial score (nSPS) is 11.1. The number of pyridine rings is 1. The van der Waals surface area contributed by atoms with Gasteiger partial charge in [0.15, 0.2) is 0 Å². The Morgan fingerprint density at radius 1 is 1.20 bits per heavy atom. The van der Waals surface area contributed by atoms with Crippen LogP contribution in [0.1, 0.15) is 27.4 Å². The van der Waals surface area contributed by atoms with Crippen LogP contribution in [-0.4, -0.2) is 25.3 Å². The van der Waals surface area contributed by atoms with E-state index < -0.39 is 0 Å². The van der Waals surface area contributed by atoms with E-state index in [0.717, 1.165) is 28.2 Å². The van der Waals surface area contributed by atoms with Gasteiger partial charge in [0, 0.05) is 40.8 Å². The van der Waals surface area contributed by atoms with Gasteiger partial charge >= 0.3 is 0 Å². The van der Waals surface area contributed by atoms with E-state index in [2.05, 4.69) is 20.3 Å². The van der Waals surface area contributed by atoms with E-state index in [4.69, 9.17) is 28.9 Å². The van der Waals surface area contributed by atoms with Crippen LogP contribution in [0, 0.1) is 6.92 Å². The third-order valence-corrected chi connectivity index (χ3v) is 5.25. The summed E-state index contributed by atoms with van der Waals surface area (Å²) in [4.78, 5) is 25.8. The summed E-state index contributed by atoms with van der Waals surface area (Å²) in [5, 5.41) is 3.82.